The van der Waals surface area contributed by atoms with Crippen LogP contribution in [0.4, 0.5) is 8.78 Å². The topological polar surface area (TPSA) is 29.5 Å². The Kier molecular flexibility index (Phi) is 6.55. The molecule has 0 saturated carbocycles. The smallest absolute Gasteiger partial charge is 0.173 e. The number of hydrogen-bond donors (Lipinski definition) is 1. The lowest BCUT2D eigenvalue weighted by Gasteiger charge is -2.29. The lowest BCUT2D eigenvalue weighted by atomic mass is 9.74. The summed E-state index contributed by atoms with van der Waals surface area (Å²) in [4.78, 5) is 0. The van der Waals surface area contributed by atoms with Crippen molar-refractivity contribution in [3.63, 3.8) is 0 Å². The fraction of sp³-hybridized carbons (Fsp3) is 0.333. The zero-order chi connectivity index (χ0) is 22.9. The number of ether oxygens (including phenoxy) is 1. The molecule has 0 amide bonds. The van der Waals surface area contributed by atoms with Gasteiger partial charge in [0.2, 0.25) is 0 Å². The zero-order valence-electron chi connectivity index (χ0n) is 18.4. The van der Waals surface area contributed by atoms with Crippen LogP contribution in [-0.4, -0.2) is 18.3 Å². The van der Waals surface area contributed by atoms with Crippen molar-refractivity contribution in [3.8, 4) is 16.9 Å². The standard InChI is InChI=1S/C27H27ClF2O2/c1-3-11-27(19-7-5-4-6-8-19)15-18-14-21(29)25(28)24(20(18)16-27)23-17(2)9-10-22(26(23)30)32-13-12-31/h4-10,14,31H,3,11-13,15-16H2,1-2H3/t27-/m0/s1. The highest BCUT2D eigenvalue weighted by molar-refractivity contribution is 6.33. The van der Waals surface area contributed by atoms with Crippen molar-refractivity contribution in [2.45, 2.75) is 44.9 Å². The van der Waals surface area contributed by atoms with Gasteiger partial charge in [-0.2, -0.15) is 0 Å². The van der Waals surface area contributed by atoms with Crippen LogP contribution >= 0.6 is 11.6 Å². The highest BCUT2D eigenvalue weighted by Gasteiger charge is 2.41. The van der Waals surface area contributed by atoms with Crippen LogP contribution in [0.1, 0.15) is 42.0 Å². The van der Waals surface area contributed by atoms with E-state index in [1.54, 1.807) is 13.0 Å². The molecule has 1 aliphatic rings. The minimum Gasteiger partial charge on any atom is -0.488 e. The Bertz CT molecular complexity index is 1130. The van der Waals surface area contributed by atoms with Gasteiger partial charge in [-0.3, -0.25) is 0 Å². The normalized spacial score (nSPS) is 17.4. The molecule has 168 valence electrons. The summed E-state index contributed by atoms with van der Waals surface area (Å²) in [6.07, 6.45) is 3.26. The molecule has 1 N–H and O–H groups in total. The van der Waals surface area contributed by atoms with Gasteiger partial charge in [0.25, 0.3) is 0 Å². The molecule has 0 radical (unpaired) electrons. The average molecular weight is 457 g/mol. The van der Waals surface area contributed by atoms with E-state index in [-0.39, 0.29) is 35.0 Å². The van der Waals surface area contributed by atoms with E-state index in [9.17, 15) is 0 Å². The monoisotopic (exact) mass is 456 g/mol. The Hall–Kier alpha value is -2.43. The maximum absolute atomic E-state index is 15.6. The van der Waals surface area contributed by atoms with E-state index < -0.39 is 11.6 Å². The first kappa shape index (κ1) is 22.8. The lowest BCUT2D eigenvalue weighted by Crippen LogP contribution is -2.26. The fourth-order valence-electron chi connectivity index (χ4n) is 5.12. The van der Waals surface area contributed by atoms with E-state index in [1.165, 1.54) is 17.7 Å². The Labute approximate surface area is 192 Å². The molecule has 0 unspecified atom stereocenters. The molecule has 1 aliphatic carbocycles. The van der Waals surface area contributed by atoms with Crippen LogP contribution in [-0.2, 0) is 18.3 Å². The third-order valence-electron chi connectivity index (χ3n) is 6.49. The van der Waals surface area contributed by atoms with Crippen LogP contribution < -0.4 is 4.74 Å². The Morgan fingerprint density at radius 1 is 1.06 bits per heavy atom. The van der Waals surface area contributed by atoms with Crippen LogP contribution in [0.2, 0.25) is 5.02 Å². The van der Waals surface area contributed by atoms with Crippen molar-refractivity contribution in [1.29, 1.82) is 0 Å². The first-order valence-corrected chi connectivity index (χ1v) is 11.4. The van der Waals surface area contributed by atoms with Gasteiger partial charge < -0.3 is 9.84 Å². The number of aliphatic hydroxyl groups is 1. The molecule has 0 aromatic heterocycles. The van der Waals surface area contributed by atoms with E-state index >= 15 is 8.78 Å². The molecule has 0 spiro atoms. The Balaban J connectivity index is 1.91. The maximum Gasteiger partial charge on any atom is 0.173 e. The van der Waals surface area contributed by atoms with Crippen LogP contribution in [0.3, 0.4) is 0 Å². The number of benzene rings is 3. The van der Waals surface area contributed by atoms with Crippen LogP contribution in [0, 0.1) is 18.6 Å². The van der Waals surface area contributed by atoms with Crippen LogP contribution in [0.25, 0.3) is 11.1 Å². The number of rotatable bonds is 7. The van der Waals surface area contributed by atoms with Gasteiger partial charge in [0.15, 0.2) is 11.6 Å². The first-order chi connectivity index (χ1) is 15.4. The number of fused-ring (bicyclic) bond motifs is 1. The summed E-state index contributed by atoms with van der Waals surface area (Å²) in [7, 11) is 0. The van der Waals surface area contributed by atoms with Crippen molar-refractivity contribution in [2.75, 3.05) is 13.2 Å². The summed E-state index contributed by atoms with van der Waals surface area (Å²) in [5.74, 6) is -1.10. The van der Waals surface area contributed by atoms with Crippen molar-refractivity contribution in [1.82, 2.24) is 0 Å². The molecule has 0 fully saturated rings. The number of aliphatic hydroxyl groups excluding tert-OH is 1. The molecule has 1 atom stereocenters. The van der Waals surface area contributed by atoms with Gasteiger partial charge in [0.05, 0.1) is 11.6 Å². The molecule has 0 aliphatic heterocycles. The van der Waals surface area contributed by atoms with Gasteiger partial charge >= 0.3 is 0 Å². The molecule has 3 aromatic carbocycles. The maximum atomic E-state index is 15.6. The third-order valence-corrected chi connectivity index (χ3v) is 6.86. The summed E-state index contributed by atoms with van der Waals surface area (Å²) < 4.78 is 36.0. The van der Waals surface area contributed by atoms with Gasteiger partial charge in [0.1, 0.15) is 12.4 Å². The van der Waals surface area contributed by atoms with E-state index in [0.717, 1.165) is 24.0 Å². The second kappa shape index (κ2) is 9.21. The Morgan fingerprint density at radius 2 is 1.81 bits per heavy atom. The fourth-order valence-corrected chi connectivity index (χ4v) is 5.39. The molecular weight excluding hydrogens is 430 g/mol. The van der Waals surface area contributed by atoms with Gasteiger partial charge in [-0.05, 0) is 60.6 Å². The number of halogens is 3. The molecule has 0 bridgehead atoms. The van der Waals surface area contributed by atoms with E-state index in [4.69, 9.17) is 21.4 Å². The van der Waals surface area contributed by atoms with Crippen molar-refractivity contribution >= 4 is 11.6 Å². The molecule has 0 heterocycles. The molecule has 32 heavy (non-hydrogen) atoms. The molecule has 0 saturated heterocycles. The second-order valence-corrected chi connectivity index (χ2v) is 8.95. The molecule has 2 nitrogen and oxygen atoms in total. The van der Waals surface area contributed by atoms with E-state index in [0.29, 0.717) is 24.0 Å². The van der Waals surface area contributed by atoms with E-state index in [2.05, 4.69) is 19.1 Å². The summed E-state index contributed by atoms with van der Waals surface area (Å²) >= 11 is 6.51. The Morgan fingerprint density at radius 3 is 2.50 bits per heavy atom. The van der Waals surface area contributed by atoms with E-state index in [1.807, 2.05) is 18.2 Å². The quantitative estimate of drug-likeness (QED) is 0.423. The summed E-state index contributed by atoms with van der Waals surface area (Å²) in [6, 6.07) is 15.1. The second-order valence-electron chi connectivity index (χ2n) is 8.58. The highest BCUT2D eigenvalue weighted by atomic mass is 35.5. The van der Waals surface area contributed by atoms with Gasteiger partial charge in [-0.1, -0.05) is 61.3 Å². The summed E-state index contributed by atoms with van der Waals surface area (Å²) in [5.41, 5.74) is 4.13. The van der Waals surface area contributed by atoms with Crippen LogP contribution in [0.5, 0.6) is 5.75 Å². The molecule has 3 aromatic rings. The third kappa shape index (κ3) is 3.91. The predicted molar refractivity (Wildman–Crippen MR) is 125 cm³/mol. The summed E-state index contributed by atoms with van der Waals surface area (Å²) in [6.45, 7) is 3.68. The minimum absolute atomic E-state index is 0.0228. The summed E-state index contributed by atoms with van der Waals surface area (Å²) in [5, 5.41) is 9.00. The largest absolute Gasteiger partial charge is 0.488 e. The molecule has 5 heteroatoms. The molecule has 4 rings (SSSR count). The SMILES string of the molecule is CCC[C@]1(c2ccccc2)Cc2cc(F)c(Cl)c(-c3c(C)ccc(OCCO)c3F)c2C1. The number of hydrogen-bond acceptors (Lipinski definition) is 2. The van der Waals surface area contributed by atoms with Crippen molar-refractivity contribution in [2.24, 2.45) is 0 Å². The van der Waals surface area contributed by atoms with Gasteiger partial charge in [-0.25, -0.2) is 8.78 Å². The first-order valence-electron chi connectivity index (χ1n) is 11.0. The molecular formula is C27H27ClF2O2. The predicted octanol–water partition coefficient (Wildman–Crippen LogP) is 6.80. The average Bonchev–Trinajstić information content (AvgIpc) is 3.15. The van der Waals surface area contributed by atoms with Gasteiger partial charge in [0, 0.05) is 16.5 Å². The van der Waals surface area contributed by atoms with Crippen molar-refractivity contribution in [3.05, 3.63) is 87.4 Å². The minimum atomic E-state index is -0.583. The van der Waals surface area contributed by atoms with Crippen molar-refractivity contribution < 1.29 is 18.6 Å². The van der Waals surface area contributed by atoms with Gasteiger partial charge in [-0.15, -0.1) is 0 Å². The van der Waals surface area contributed by atoms with Crippen LogP contribution in [0.15, 0.2) is 48.5 Å². The zero-order valence-corrected chi connectivity index (χ0v) is 19.1. The highest BCUT2D eigenvalue weighted by Crippen LogP contribution is 2.50. The lowest BCUT2D eigenvalue weighted by molar-refractivity contribution is 0.196. The number of aryl methyl sites for hydroxylation is 1.